The number of rotatable bonds is 6. The quantitative estimate of drug-likeness (QED) is 0.429. The zero-order chi connectivity index (χ0) is 18.6. The largest absolute Gasteiger partial charge is 0.465 e. The minimum Gasteiger partial charge on any atom is -0.465 e. The molecule has 0 aromatic heterocycles. The van der Waals surface area contributed by atoms with Crippen LogP contribution in [0.15, 0.2) is 35.2 Å². The Morgan fingerprint density at radius 3 is 2.64 bits per heavy atom. The molecule has 0 saturated carbocycles. The lowest BCUT2D eigenvalue weighted by Gasteiger charge is -2.18. The highest BCUT2D eigenvalue weighted by Gasteiger charge is 2.23. The Hall–Kier alpha value is -2.28. The Kier molecular flexibility index (Phi) is 6.25. The molecule has 0 fully saturated rings. The van der Waals surface area contributed by atoms with Crippen LogP contribution >= 0.6 is 11.8 Å². The highest BCUT2D eigenvalue weighted by Crippen LogP contribution is 2.38. The maximum atomic E-state index is 14.9. The third kappa shape index (κ3) is 4.22. The third-order valence-electron chi connectivity index (χ3n) is 3.71. The van der Waals surface area contributed by atoms with Gasteiger partial charge in [0.2, 0.25) is 0 Å². The van der Waals surface area contributed by atoms with E-state index in [0.29, 0.717) is 4.90 Å². The van der Waals surface area contributed by atoms with E-state index >= 15 is 0 Å². The Morgan fingerprint density at radius 1 is 1.36 bits per heavy atom. The first-order chi connectivity index (χ1) is 11.9. The fraction of sp³-hybridized carbons (Fsp3) is 0.278. The lowest BCUT2D eigenvalue weighted by Crippen LogP contribution is -2.11. The van der Waals surface area contributed by atoms with Crippen LogP contribution in [0.4, 0.5) is 25.8 Å². The molecule has 0 spiro atoms. The van der Waals surface area contributed by atoms with Crippen molar-refractivity contribution in [3.8, 4) is 0 Å². The highest BCUT2D eigenvalue weighted by molar-refractivity contribution is 8.00. The van der Waals surface area contributed by atoms with Crippen LogP contribution in [0.2, 0.25) is 0 Å². The molecule has 1 unspecified atom stereocenters. The Bertz CT molecular complexity index is 784. The van der Waals surface area contributed by atoms with Gasteiger partial charge in [0.1, 0.15) is 5.82 Å². The number of para-hydroxylation sites is 1. The summed E-state index contributed by atoms with van der Waals surface area (Å²) in [6.07, 6.45) is 0.856. The van der Waals surface area contributed by atoms with Crippen LogP contribution in [0.3, 0.4) is 0 Å². The number of hydrogen-bond donors (Lipinski definition) is 2. The van der Waals surface area contributed by atoms with Gasteiger partial charge in [0.05, 0.1) is 29.7 Å². The Labute approximate surface area is 149 Å². The van der Waals surface area contributed by atoms with Gasteiger partial charge in [-0.25, -0.2) is 13.6 Å². The highest BCUT2D eigenvalue weighted by atomic mass is 32.2. The van der Waals surface area contributed by atoms with Gasteiger partial charge < -0.3 is 15.8 Å². The van der Waals surface area contributed by atoms with E-state index in [4.69, 9.17) is 10.5 Å². The van der Waals surface area contributed by atoms with E-state index in [-0.39, 0.29) is 27.9 Å². The number of halogens is 2. The van der Waals surface area contributed by atoms with Gasteiger partial charge in [-0.15, -0.1) is 11.8 Å². The van der Waals surface area contributed by atoms with Gasteiger partial charge >= 0.3 is 5.97 Å². The van der Waals surface area contributed by atoms with Crippen molar-refractivity contribution in [2.75, 3.05) is 18.2 Å². The minimum atomic E-state index is -0.808. The van der Waals surface area contributed by atoms with Gasteiger partial charge in [0.25, 0.3) is 0 Å². The first-order valence-corrected chi connectivity index (χ1v) is 8.65. The summed E-state index contributed by atoms with van der Waals surface area (Å²) in [6.45, 7) is 3.98. The van der Waals surface area contributed by atoms with Crippen LogP contribution in [0.1, 0.15) is 30.6 Å². The first kappa shape index (κ1) is 19.1. The summed E-state index contributed by atoms with van der Waals surface area (Å²) in [5, 5.41) is 2.81. The van der Waals surface area contributed by atoms with Crippen molar-refractivity contribution in [3.63, 3.8) is 0 Å². The van der Waals surface area contributed by atoms with E-state index in [2.05, 4.69) is 5.32 Å². The molecule has 0 amide bonds. The molecule has 0 radical (unpaired) electrons. The summed E-state index contributed by atoms with van der Waals surface area (Å²) in [6, 6.07) is 7.25. The molecule has 2 rings (SSSR count). The van der Waals surface area contributed by atoms with Gasteiger partial charge in [0, 0.05) is 10.1 Å². The molecule has 134 valence electrons. The first-order valence-electron chi connectivity index (χ1n) is 7.77. The number of esters is 1. The molecule has 4 nitrogen and oxygen atoms in total. The maximum Gasteiger partial charge on any atom is 0.340 e. The van der Waals surface area contributed by atoms with Crippen LogP contribution in [0, 0.1) is 11.6 Å². The van der Waals surface area contributed by atoms with Crippen LogP contribution in [-0.4, -0.2) is 18.3 Å². The average Bonchev–Trinajstić information content (AvgIpc) is 2.62. The van der Waals surface area contributed by atoms with Crippen molar-refractivity contribution in [3.05, 3.63) is 47.5 Å². The second-order valence-electron chi connectivity index (χ2n) is 5.46. The topological polar surface area (TPSA) is 64.3 Å². The molecule has 0 saturated heterocycles. The lowest BCUT2D eigenvalue weighted by atomic mass is 10.1. The standard InChI is InChI=1S/C18H20F2N2O2S/c1-4-10(2)25-14-9-11(18(23)24-3)17(15(20)16(14)21)22-13-8-6-5-7-12(13)19/h5-10,22H,4,21H2,1-3H3. The molecule has 0 bridgehead atoms. The second kappa shape index (κ2) is 8.20. The van der Waals surface area contributed by atoms with Crippen LogP contribution in [0.5, 0.6) is 0 Å². The summed E-state index contributed by atoms with van der Waals surface area (Å²) >= 11 is 1.37. The SMILES string of the molecule is CCC(C)Sc1cc(C(=O)OC)c(Nc2ccccc2F)c(F)c1N. The number of nitrogen functional groups attached to an aromatic ring is 1. The fourth-order valence-corrected chi connectivity index (χ4v) is 3.13. The average molecular weight is 366 g/mol. The summed E-state index contributed by atoms with van der Waals surface area (Å²) < 4.78 is 33.5. The molecule has 0 aliphatic rings. The number of nitrogens with one attached hydrogen (secondary N) is 1. The Balaban J connectivity index is 2.56. The van der Waals surface area contributed by atoms with Crippen LogP contribution in [-0.2, 0) is 4.74 Å². The molecular weight excluding hydrogens is 346 g/mol. The molecule has 2 aromatic carbocycles. The third-order valence-corrected chi connectivity index (χ3v) is 5.04. The fourth-order valence-electron chi connectivity index (χ4n) is 2.13. The van der Waals surface area contributed by atoms with E-state index in [0.717, 1.165) is 6.42 Å². The predicted molar refractivity (Wildman–Crippen MR) is 97.4 cm³/mol. The number of carbonyl (C=O) groups excluding carboxylic acids is 1. The van der Waals surface area contributed by atoms with Crippen molar-refractivity contribution >= 4 is 34.8 Å². The van der Waals surface area contributed by atoms with E-state index in [1.165, 1.54) is 43.1 Å². The van der Waals surface area contributed by atoms with Crippen molar-refractivity contribution in [1.29, 1.82) is 0 Å². The Morgan fingerprint density at radius 2 is 2.04 bits per heavy atom. The summed E-state index contributed by atoms with van der Waals surface area (Å²) in [4.78, 5) is 12.6. The van der Waals surface area contributed by atoms with Gasteiger partial charge in [-0.05, 0) is 24.6 Å². The summed E-state index contributed by atoms with van der Waals surface area (Å²) in [5.74, 6) is -2.12. The predicted octanol–water partition coefficient (Wildman–Crippen LogP) is 4.97. The number of methoxy groups -OCH3 is 1. The van der Waals surface area contributed by atoms with E-state index in [1.54, 1.807) is 6.07 Å². The molecule has 0 heterocycles. The smallest absolute Gasteiger partial charge is 0.340 e. The number of hydrogen-bond acceptors (Lipinski definition) is 5. The van der Waals surface area contributed by atoms with Gasteiger partial charge in [-0.2, -0.15) is 0 Å². The molecule has 0 aliphatic heterocycles. The molecule has 25 heavy (non-hydrogen) atoms. The van der Waals surface area contributed by atoms with E-state index < -0.39 is 17.6 Å². The molecule has 0 aliphatic carbocycles. The van der Waals surface area contributed by atoms with Crippen molar-refractivity contribution in [2.24, 2.45) is 0 Å². The van der Waals surface area contributed by atoms with E-state index in [1.807, 2.05) is 13.8 Å². The van der Waals surface area contributed by atoms with Crippen LogP contribution in [0.25, 0.3) is 0 Å². The normalized spacial score (nSPS) is 11.9. The lowest BCUT2D eigenvalue weighted by molar-refractivity contribution is 0.0601. The molecule has 3 N–H and O–H groups in total. The number of benzene rings is 2. The van der Waals surface area contributed by atoms with Crippen LogP contribution < -0.4 is 11.1 Å². The molecule has 1 atom stereocenters. The van der Waals surface area contributed by atoms with Crippen molar-refractivity contribution in [2.45, 2.75) is 30.4 Å². The number of carbonyl (C=O) groups is 1. The van der Waals surface area contributed by atoms with Crippen molar-refractivity contribution < 1.29 is 18.3 Å². The molecule has 2 aromatic rings. The monoisotopic (exact) mass is 366 g/mol. The summed E-state index contributed by atoms with van der Waals surface area (Å²) in [7, 11) is 1.20. The number of thioether (sulfide) groups is 1. The maximum absolute atomic E-state index is 14.9. The van der Waals surface area contributed by atoms with E-state index in [9.17, 15) is 13.6 Å². The number of nitrogens with two attached hydrogens (primary N) is 1. The van der Waals surface area contributed by atoms with Gasteiger partial charge in [0.15, 0.2) is 5.82 Å². The minimum absolute atomic E-state index is 0.0354. The molecule has 7 heteroatoms. The molecular formula is C18H20F2N2O2S. The zero-order valence-corrected chi connectivity index (χ0v) is 15.0. The van der Waals surface area contributed by atoms with Gasteiger partial charge in [-0.1, -0.05) is 26.0 Å². The van der Waals surface area contributed by atoms with Gasteiger partial charge in [-0.3, -0.25) is 0 Å². The summed E-state index contributed by atoms with van der Waals surface area (Å²) in [5.41, 5.74) is 5.61. The van der Waals surface area contributed by atoms with Crippen molar-refractivity contribution in [1.82, 2.24) is 0 Å². The zero-order valence-electron chi connectivity index (χ0n) is 14.2. The number of ether oxygens (including phenoxy) is 1. The number of anilines is 3. The second-order valence-corrected chi connectivity index (χ2v) is 6.94.